The lowest BCUT2D eigenvalue weighted by Gasteiger charge is -2.10. The second kappa shape index (κ2) is 5.49. The highest BCUT2D eigenvalue weighted by atomic mass is 19.1. The number of nitrogens with one attached hydrogen (secondary N) is 1. The first-order valence-corrected chi connectivity index (χ1v) is 5.79. The number of aryl methyl sites for hydroxylation is 1. The molecule has 1 N–H and O–H groups in total. The van der Waals surface area contributed by atoms with Crippen molar-refractivity contribution in [3.05, 3.63) is 64.7 Å². The first-order chi connectivity index (χ1) is 9.11. The van der Waals surface area contributed by atoms with Crippen LogP contribution in [-0.2, 0) is 6.54 Å². The van der Waals surface area contributed by atoms with E-state index in [4.69, 9.17) is 5.26 Å². The predicted molar refractivity (Wildman–Crippen MR) is 69.6 cm³/mol. The minimum absolute atomic E-state index is 0.0233. The molecule has 2 rings (SSSR count). The van der Waals surface area contributed by atoms with Gasteiger partial charge in [-0.3, -0.25) is 0 Å². The number of hydrogen-bond donors (Lipinski definition) is 1. The Morgan fingerprint density at radius 1 is 1.21 bits per heavy atom. The van der Waals surface area contributed by atoms with Gasteiger partial charge in [-0.2, -0.15) is 5.26 Å². The van der Waals surface area contributed by atoms with Crippen LogP contribution in [0, 0.1) is 29.9 Å². The number of anilines is 1. The Hall–Kier alpha value is -2.41. The van der Waals surface area contributed by atoms with Crippen LogP contribution in [0.1, 0.15) is 16.7 Å². The first-order valence-electron chi connectivity index (χ1n) is 5.79. The molecule has 0 heterocycles. The van der Waals surface area contributed by atoms with Crippen molar-refractivity contribution >= 4 is 5.69 Å². The van der Waals surface area contributed by atoms with Gasteiger partial charge < -0.3 is 5.32 Å². The lowest BCUT2D eigenvalue weighted by Crippen LogP contribution is -2.04. The average molecular weight is 258 g/mol. The summed E-state index contributed by atoms with van der Waals surface area (Å²) in [6, 6.07) is 10.8. The minimum atomic E-state index is -0.516. The normalized spacial score (nSPS) is 10.0. The summed E-state index contributed by atoms with van der Waals surface area (Å²) in [5.74, 6) is -0.821. The third-order valence-corrected chi connectivity index (χ3v) is 2.86. The number of nitriles is 1. The third kappa shape index (κ3) is 2.89. The number of nitrogens with zero attached hydrogens (tertiary/aromatic N) is 1. The molecule has 96 valence electrons. The highest BCUT2D eigenvalue weighted by Gasteiger charge is 2.07. The zero-order valence-electron chi connectivity index (χ0n) is 10.4. The van der Waals surface area contributed by atoms with Crippen molar-refractivity contribution < 1.29 is 8.78 Å². The molecular formula is C15H12F2N2. The van der Waals surface area contributed by atoms with Gasteiger partial charge in [0.25, 0.3) is 0 Å². The van der Waals surface area contributed by atoms with Crippen LogP contribution in [0.5, 0.6) is 0 Å². The molecule has 0 fully saturated rings. The van der Waals surface area contributed by atoms with E-state index in [1.807, 2.05) is 0 Å². The molecule has 0 saturated heterocycles. The van der Waals surface area contributed by atoms with Gasteiger partial charge in [0.15, 0.2) is 0 Å². The Labute approximate surface area is 110 Å². The SMILES string of the molecule is Cc1cc(F)ccc1NCc1cccc(C#N)c1F. The molecule has 0 aliphatic carbocycles. The molecular weight excluding hydrogens is 246 g/mol. The van der Waals surface area contributed by atoms with Crippen molar-refractivity contribution in [1.29, 1.82) is 5.26 Å². The molecule has 0 unspecified atom stereocenters. The maximum absolute atomic E-state index is 13.8. The summed E-state index contributed by atoms with van der Waals surface area (Å²) in [4.78, 5) is 0. The van der Waals surface area contributed by atoms with E-state index in [9.17, 15) is 8.78 Å². The molecule has 0 aliphatic heterocycles. The van der Waals surface area contributed by atoms with Gasteiger partial charge in [-0.25, -0.2) is 8.78 Å². The third-order valence-electron chi connectivity index (χ3n) is 2.86. The summed E-state index contributed by atoms with van der Waals surface area (Å²) in [6.07, 6.45) is 0. The van der Waals surface area contributed by atoms with Crippen LogP contribution in [-0.4, -0.2) is 0 Å². The van der Waals surface area contributed by atoms with Crippen LogP contribution in [0.25, 0.3) is 0 Å². The van der Waals surface area contributed by atoms with Gasteiger partial charge in [0, 0.05) is 17.8 Å². The zero-order chi connectivity index (χ0) is 13.8. The first kappa shape index (κ1) is 13.0. The Morgan fingerprint density at radius 3 is 2.68 bits per heavy atom. The molecule has 0 aromatic heterocycles. The fourth-order valence-corrected chi connectivity index (χ4v) is 1.82. The summed E-state index contributed by atoms with van der Waals surface area (Å²) in [6.45, 7) is 2.02. The van der Waals surface area contributed by atoms with Gasteiger partial charge in [-0.05, 0) is 36.8 Å². The maximum atomic E-state index is 13.8. The summed E-state index contributed by atoms with van der Waals surface area (Å²) in [5, 5.41) is 11.8. The van der Waals surface area contributed by atoms with E-state index in [0.29, 0.717) is 5.56 Å². The molecule has 0 spiro atoms. The molecule has 0 amide bonds. The van der Waals surface area contributed by atoms with E-state index in [-0.39, 0.29) is 17.9 Å². The second-order valence-electron chi connectivity index (χ2n) is 4.20. The minimum Gasteiger partial charge on any atom is -0.381 e. The van der Waals surface area contributed by atoms with Crippen LogP contribution in [0.2, 0.25) is 0 Å². The largest absolute Gasteiger partial charge is 0.381 e. The Bertz CT molecular complexity index is 645. The molecule has 19 heavy (non-hydrogen) atoms. The Kier molecular flexibility index (Phi) is 3.76. The molecule has 0 bridgehead atoms. The quantitative estimate of drug-likeness (QED) is 0.909. The van der Waals surface area contributed by atoms with Crippen molar-refractivity contribution in [2.45, 2.75) is 13.5 Å². The van der Waals surface area contributed by atoms with E-state index in [0.717, 1.165) is 11.3 Å². The summed E-state index contributed by atoms with van der Waals surface area (Å²) in [5.41, 5.74) is 1.91. The molecule has 0 radical (unpaired) electrons. The maximum Gasteiger partial charge on any atom is 0.145 e. The van der Waals surface area contributed by atoms with Gasteiger partial charge in [0.05, 0.1) is 5.56 Å². The molecule has 0 atom stereocenters. The Morgan fingerprint density at radius 2 is 2.00 bits per heavy atom. The van der Waals surface area contributed by atoms with Gasteiger partial charge in [0.2, 0.25) is 0 Å². The fourth-order valence-electron chi connectivity index (χ4n) is 1.82. The number of rotatable bonds is 3. The van der Waals surface area contributed by atoms with Gasteiger partial charge in [-0.15, -0.1) is 0 Å². The van der Waals surface area contributed by atoms with E-state index < -0.39 is 5.82 Å². The van der Waals surface area contributed by atoms with Gasteiger partial charge >= 0.3 is 0 Å². The molecule has 0 saturated carbocycles. The van der Waals surface area contributed by atoms with Crippen molar-refractivity contribution in [2.75, 3.05) is 5.32 Å². The van der Waals surface area contributed by atoms with Crippen LogP contribution in [0.3, 0.4) is 0 Å². The lowest BCUT2D eigenvalue weighted by molar-refractivity contribution is 0.609. The topological polar surface area (TPSA) is 35.8 Å². The van der Waals surface area contributed by atoms with Gasteiger partial charge in [0.1, 0.15) is 17.7 Å². The fraction of sp³-hybridized carbons (Fsp3) is 0.133. The molecule has 0 aliphatic rings. The smallest absolute Gasteiger partial charge is 0.145 e. The van der Waals surface area contributed by atoms with Crippen molar-refractivity contribution in [2.24, 2.45) is 0 Å². The van der Waals surface area contributed by atoms with Crippen LogP contribution < -0.4 is 5.32 Å². The highest BCUT2D eigenvalue weighted by molar-refractivity contribution is 5.51. The summed E-state index contributed by atoms with van der Waals surface area (Å²) < 4.78 is 26.8. The Balaban J connectivity index is 2.17. The molecule has 2 aromatic rings. The number of halogens is 2. The predicted octanol–water partition coefficient (Wildman–Crippen LogP) is 3.76. The van der Waals surface area contributed by atoms with Crippen LogP contribution in [0.4, 0.5) is 14.5 Å². The van der Waals surface area contributed by atoms with Crippen molar-refractivity contribution in [3.63, 3.8) is 0 Å². The average Bonchev–Trinajstić information content (AvgIpc) is 2.39. The van der Waals surface area contributed by atoms with E-state index >= 15 is 0 Å². The molecule has 2 aromatic carbocycles. The summed E-state index contributed by atoms with van der Waals surface area (Å²) >= 11 is 0. The van der Waals surface area contributed by atoms with Gasteiger partial charge in [-0.1, -0.05) is 12.1 Å². The second-order valence-corrected chi connectivity index (χ2v) is 4.20. The lowest BCUT2D eigenvalue weighted by atomic mass is 10.1. The number of benzene rings is 2. The highest BCUT2D eigenvalue weighted by Crippen LogP contribution is 2.18. The monoisotopic (exact) mass is 258 g/mol. The van der Waals surface area contributed by atoms with E-state index in [1.165, 1.54) is 18.2 Å². The number of hydrogen-bond acceptors (Lipinski definition) is 2. The van der Waals surface area contributed by atoms with Crippen molar-refractivity contribution in [1.82, 2.24) is 0 Å². The van der Waals surface area contributed by atoms with Crippen molar-refractivity contribution in [3.8, 4) is 6.07 Å². The molecule has 4 heteroatoms. The summed E-state index contributed by atoms with van der Waals surface area (Å²) in [7, 11) is 0. The molecule has 2 nitrogen and oxygen atoms in total. The van der Waals surface area contributed by atoms with Crippen LogP contribution in [0.15, 0.2) is 36.4 Å². The van der Waals surface area contributed by atoms with E-state index in [2.05, 4.69) is 5.32 Å². The standard InChI is InChI=1S/C15H12F2N2/c1-10-7-13(16)5-6-14(10)19-9-12-4-2-3-11(8-18)15(12)17/h2-7,19H,9H2,1H3. The van der Waals surface area contributed by atoms with Crippen LogP contribution >= 0.6 is 0 Å². The zero-order valence-corrected chi connectivity index (χ0v) is 10.4. The van der Waals surface area contributed by atoms with E-state index in [1.54, 1.807) is 31.2 Å².